The number of nitrogens with one attached hydrogen (secondary N) is 2. The van der Waals surface area contributed by atoms with Crippen molar-refractivity contribution in [2.75, 3.05) is 5.32 Å². The van der Waals surface area contributed by atoms with E-state index in [2.05, 4.69) is 10.6 Å². The highest BCUT2D eigenvalue weighted by Crippen LogP contribution is 2.33. The van der Waals surface area contributed by atoms with Crippen LogP contribution in [0.15, 0.2) is 54.2 Å². The highest BCUT2D eigenvalue weighted by atomic mass is 35.5. The van der Waals surface area contributed by atoms with Crippen molar-refractivity contribution in [1.82, 2.24) is 5.32 Å². The Morgan fingerprint density at radius 1 is 1.16 bits per heavy atom. The summed E-state index contributed by atoms with van der Waals surface area (Å²) in [5, 5.41) is 5.79. The third-order valence-electron chi connectivity index (χ3n) is 3.89. The fourth-order valence-corrected chi connectivity index (χ4v) is 2.97. The molecule has 25 heavy (non-hydrogen) atoms. The van der Waals surface area contributed by atoms with Gasteiger partial charge in [0.1, 0.15) is 5.82 Å². The number of halogens is 3. The van der Waals surface area contributed by atoms with E-state index in [4.69, 9.17) is 23.2 Å². The van der Waals surface area contributed by atoms with Crippen LogP contribution >= 0.6 is 23.2 Å². The van der Waals surface area contributed by atoms with Gasteiger partial charge in [-0.05, 0) is 29.8 Å². The molecular formula is C18H13Cl2FN2O2. The first-order valence-corrected chi connectivity index (χ1v) is 8.21. The summed E-state index contributed by atoms with van der Waals surface area (Å²) >= 11 is 12.0. The van der Waals surface area contributed by atoms with Crippen molar-refractivity contribution in [1.29, 1.82) is 0 Å². The summed E-state index contributed by atoms with van der Waals surface area (Å²) in [5.74, 6) is -1.50. The zero-order chi connectivity index (χ0) is 18.0. The Bertz CT molecular complexity index is 866. The molecule has 1 aliphatic rings. The van der Waals surface area contributed by atoms with Gasteiger partial charge in [-0.1, -0.05) is 41.4 Å². The van der Waals surface area contributed by atoms with Crippen LogP contribution < -0.4 is 10.6 Å². The second-order valence-electron chi connectivity index (χ2n) is 5.53. The lowest BCUT2D eigenvalue weighted by atomic mass is 9.86. The Morgan fingerprint density at radius 2 is 1.88 bits per heavy atom. The maximum atomic E-state index is 13.2. The van der Waals surface area contributed by atoms with E-state index in [9.17, 15) is 14.0 Å². The second-order valence-corrected chi connectivity index (χ2v) is 6.32. The third kappa shape index (κ3) is 3.83. The molecule has 0 bridgehead atoms. The predicted molar refractivity (Wildman–Crippen MR) is 95.1 cm³/mol. The lowest BCUT2D eigenvalue weighted by molar-refractivity contribution is -0.121. The van der Waals surface area contributed by atoms with Gasteiger partial charge >= 0.3 is 0 Å². The molecule has 2 N–H and O–H groups in total. The molecule has 1 atom stereocenters. The van der Waals surface area contributed by atoms with Crippen LogP contribution in [-0.4, -0.2) is 11.8 Å². The van der Waals surface area contributed by atoms with Gasteiger partial charge in [0.05, 0.1) is 15.7 Å². The van der Waals surface area contributed by atoms with Gasteiger partial charge in [-0.15, -0.1) is 0 Å². The molecule has 2 aromatic rings. The highest BCUT2D eigenvalue weighted by molar-refractivity contribution is 6.44. The van der Waals surface area contributed by atoms with E-state index in [1.54, 1.807) is 30.3 Å². The standard InChI is InChI=1S/C18H13Cl2FN2O2/c19-14-2-1-3-15(17(14)20)23-18(25)13-9-22-16(24)8-12(13)10-4-6-11(21)7-5-10/h1-7,9,12H,8H2,(H,22,24)(H,23,25)/t12-/m0/s1. The van der Waals surface area contributed by atoms with Crippen molar-refractivity contribution >= 4 is 40.7 Å². The van der Waals surface area contributed by atoms with Gasteiger partial charge in [0, 0.05) is 24.1 Å². The number of hydrogen-bond acceptors (Lipinski definition) is 2. The quantitative estimate of drug-likeness (QED) is 0.838. The van der Waals surface area contributed by atoms with E-state index >= 15 is 0 Å². The van der Waals surface area contributed by atoms with Crippen LogP contribution in [-0.2, 0) is 9.59 Å². The molecule has 0 saturated heterocycles. The molecule has 0 radical (unpaired) electrons. The van der Waals surface area contributed by atoms with Crippen molar-refractivity contribution in [3.05, 3.63) is 75.7 Å². The van der Waals surface area contributed by atoms with Gasteiger partial charge in [-0.3, -0.25) is 9.59 Å². The van der Waals surface area contributed by atoms with Crippen molar-refractivity contribution < 1.29 is 14.0 Å². The minimum atomic E-state index is -0.479. The molecule has 3 rings (SSSR count). The minimum Gasteiger partial charge on any atom is -0.332 e. The van der Waals surface area contributed by atoms with E-state index in [-0.39, 0.29) is 23.2 Å². The van der Waals surface area contributed by atoms with Crippen LogP contribution in [0.25, 0.3) is 0 Å². The first-order chi connectivity index (χ1) is 12.0. The van der Waals surface area contributed by atoms with Crippen LogP contribution in [0, 0.1) is 5.82 Å². The lowest BCUT2D eigenvalue weighted by Crippen LogP contribution is -2.32. The maximum absolute atomic E-state index is 13.2. The van der Waals surface area contributed by atoms with E-state index in [1.165, 1.54) is 18.3 Å². The van der Waals surface area contributed by atoms with Crippen molar-refractivity contribution in [3.63, 3.8) is 0 Å². The Labute approximate surface area is 153 Å². The van der Waals surface area contributed by atoms with Crippen molar-refractivity contribution in [3.8, 4) is 0 Å². The average molecular weight is 379 g/mol. The van der Waals surface area contributed by atoms with Crippen molar-refractivity contribution in [2.24, 2.45) is 0 Å². The molecular weight excluding hydrogens is 366 g/mol. The molecule has 0 spiro atoms. The number of hydrogen-bond donors (Lipinski definition) is 2. The van der Waals surface area contributed by atoms with E-state index in [1.807, 2.05) is 0 Å². The number of anilines is 1. The van der Waals surface area contributed by atoms with Crippen molar-refractivity contribution in [2.45, 2.75) is 12.3 Å². The SMILES string of the molecule is O=C1C[C@@H](c2ccc(F)cc2)C(C(=O)Nc2cccc(Cl)c2Cl)=CN1. The second kappa shape index (κ2) is 7.25. The zero-order valence-electron chi connectivity index (χ0n) is 12.9. The third-order valence-corrected chi connectivity index (χ3v) is 4.71. The molecule has 1 heterocycles. The summed E-state index contributed by atoms with van der Waals surface area (Å²) in [6, 6.07) is 10.6. The maximum Gasteiger partial charge on any atom is 0.253 e. The number of amides is 2. The summed E-state index contributed by atoms with van der Waals surface area (Å²) in [7, 11) is 0. The predicted octanol–water partition coefficient (Wildman–Crippen LogP) is 4.26. The van der Waals surface area contributed by atoms with Crippen LogP contribution in [0.4, 0.5) is 10.1 Å². The smallest absolute Gasteiger partial charge is 0.253 e. The number of benzene rings is 2. The lowest BCUT2D eigenvalue weighted by Gasteiger charge is -2.24. The van der Waals surface area contributed by atoms with Crippen LogP contribution in [0.1, 0.15) is 17.9 Å². The molecule has 4 nitrogen and oxygen atoms in total. The van der Waals surface area contributed by atoms with Gasteiger partial charge < -0.3 is 10.6 Å². The van der Waals surface area contributed by atoms with Gasteiger partial charge in [-0.25, -0.2) is 4.39 Å². The van der Waals surface area contributed by atoms with Crippen LogP contribution in [0.3, 0.4) is 0 Å². The first kappa shape index (κ1) is 17.5. The monoisotopic (exact) mass is 378 g/mol. The normalized spacial score (nSPS) is 16.8. The molecule has 128 valence electrons. The van der Waals surface area contributed by atoms with E-state index in [0.29, 0.717) is 21.8 Å². The Balaban J connectivity index is 1.89. The Hall–Kier alpha value is -2.37. The topological polar surface area (TPSA) is 58.2 Å². The summed E-state index contributed by atoms with van der Waals surface area (Å²) < 4.78 is 13.2. The molecule has 1 aliphatic heterocycles. The Kier molecular flexibility index (Phi) is 5.06. The van der Waals surface area contributed by atoms with E-state index in [0.717, 1.165) is 0 Å². The van der Waals surface area contributed by atoms with Crippen LogP contribution in [0.5, 0.6) is 0 Å². The fourth-order valence-electron chi connectivity index (χ4n) is 2.62. The minimum absolute atomic E-state index is 0.0914. The molecule has 0 fully saturated rings. The molecule has 2 amide bonds. The first-order valence-electron chi connectivity index (χ1n) is 7.46. The molecule has 0 aromatic heterocycles. The molecule has 0 saturated carbocycles. The average Bonchev–Trinajstić information content (AvgIpc) is 2.59. The fraction of sp³-hybridized carbons (Fsp3) is 0.111. The van der Waals surface area contributed by atoms with Gasteiger partial charge in [0.15, 0.2) is 0 Å². The van der Waals surface area contributed by atoms with Gasteiger partial charge in [0.25, 0.3) is 5.91 Å². The summed E-state index contributed by atoms with van der Waals surface area (Å²) in [5.41, 5.74) is 1.40. The van der Waals surface area contributed by atoms with Crippen LogP contribution in [0.2, 0.25) is 10.0 Å². The highest BCUT2D eigenvalue weighted by Gasteiger charge is 2.29. The Morgan fingerprint density at radius 3 is 2.60 bits per heavy atom. The number of rotatable bonds is 3. The largest absolute Gasteiger partial charge is 0.332 e. The molecule has 0 unspecified atom stereocenters. The molecule has 7 heteroatoms. The molecule has 0 aliphatic carbocycles. The zero-order valence-corrected chi connectivity index (χ0v) is 14.4. The summed E-state index contributed by atoms with van der Waals surface area (Å²) in [4.78, 5) is 24.4. The summed E-state index contributed by atoms with van der Waals surface area (Å²) in [6.45, 7) is 0. The van der Waals surface area contributed by atoms with E-state index < -0.39 is 11.8 Å². The number of carbonyl (C=O) groups is 2. The van der Waals surface area contributed by atoms with Gasteiger partial charge in [0.2, 0.25) is 5.91 Å². The molecule has 2 aromatic carbocycles. The number of carbonyl (C=O) groups excluding carboxylic acids is 2. The van der Waals surface area contributed by atoms with Gasteiger partial charge in [-0.2, -0.15) is 0 Å². The summed E-state index contributed by atoms with van der Waals surface area (Å²) in [6.07, 6.45) is 1.46.